The molecule has 4 atom stereocenters. The first-order chi connectivity index (χ1) is 17.0. The highest BCUT2D eigenvalue weighted by Gasteiger charge is 2.64. The van der Waals surface area contributed by atoms with Crippen molar-refractivity contribution in [1.82, 2.24) is 4.90 Å². The van der Waals surface area contributed by atoms with E-state index in [9.17, 15) is 34.8 Å². The van der Waals surface area contributed by atoms with Gasteiger partial charge in [0.1, 0.15) is 22.8 Å². The molecule has 0 spiro atoms. The normalized spacial score (nSPS) is 27.8. The third-order valence-electron chi connectivity index (χ3n) is 8.00. The predicted molar refractivity (Wildman–Crippen MR) is 132 cm³/mol. The number of phenolic OH excluding ortho intramolecular Hbond substituents is 1. The molecular weight excluding hydrogens is 464 g/mol. The van der Waals surface area contributed by atoms with Gasteiger partial charge in [0, 0.05) is 11.5 Å². The monoisotopic (exact) mass is 498 g/mol. The highest BCUT2D eigenvalue weighted by molar-refractivity contribution is 6.24. The predicted octanol–water partition coefficient (Wildman–Crippen LogP) is 2.09. The molecule has 3 aliphatic carbocycles. The third kappa shape index (κ3) is 3.72. The number of amides is 1. The molecule has 1 aromatic carbocycles. The number of hydrogen-bond donors (Lipinski definition) is 5. The maximum absolute atomic E-state index is 13.8. The van der Waals surface area contributed by atoms with Crippen LogP contribution in [0.25, 0.3) is 5.76 Å². The number of aryl methyl sites for hydroxylation is 1. The lowest BCUT2D eigenvalue weighted by atomic mass is 9.57. The number of benzene rings is 1. The van der Waals surface area contributed by atoms with E-state index in [4.69, 9.17) is 5.73 Å². The fourth-order valence-electron chi connectivity index (χ4n) is 6.28. The van der Waals surface area contributed by atoms with Gasteiger partial charge >= 0.3 is 0 Å². The number of carbonyl (C=O) groups excluding carboxylic acids is 3. The number of aromatic hydroxyl groups is 1. The molecule has 1 saturated carbocycles. The number of carbonyl (C=O) groups is 3. The van der Waals surface area contributed by atoms with Crippen LogP contribution in [0, 0.1) is 11.8 Å². The number of nitrogens with two attached hydrogens (primary N) is 1. The number of phenols is 1. The molecule has 194 valence electrons. The van der Waals surface area contributed by atoms with Crippen LogP contribution in [0.2, 0.25) is 0 Å². The lowest BCUT2D eigenvalue weighted by Crippen LogP contribution is -2.65. The molecule has 3 aliphatic rings. The Bertz CT molecular complexity index is 1200. The second-order valence-corrected chi connectivity index (χ2v) is 10.4. The summed E-state index contributed by atoms with van der Waals surface area (Å²) >= 11 is 0. The van der Waals surface area contributed by atoms with Crippen LogP contribution in [-0.2, 0) is 27.2 Å². The first-order valence-corrected chi connectivity index (χ1v) is 12.4. The number of fused-ring (bicyclic) bond motifs is 3. The Morgan fingerprint density at radius 2 is 1.83 bits per heavy atom. The fraction of sp³-hybridized carbons (Fsp3) is 0.519. The Labute approximate surface area is 209 Å². The summed E-state index contributed by atoms with van der Waals surface area (Å²) in [5, 5.41) is 44.4. The van der Waals surface area contributed by atoms with Gasteiger partial charge in [-0.25, -0.2) is 0 Å². The summed E-state index contributed by atoms with van der Waals surface area (Å²) in [5.41, 5.74) is 3.66. The van der Waals surface area contributed by atoms with Gasteiger partial charge in [-0.1, -0.05) is 32.3 Å². The van der Waals surface area contributed by atoms with Crippen molar-refractivity contribution < 1.29 is 34.8 Å². The largest absolute Gasteiger partial charge is 0.508 e. The maximum atomic E-state index is 13.8. The zero-order chi connectivity index (χ0) is 26.5. The number of ketones is 2. The number of likely N-dealkylation sites (N-methyl/N-ethyl adjacent to an activating group) is 1. The summed E-state index contributed by atoms with van der Waals surface area (Å²) in [6.07, 6.45) is 5.37. The molecule has 6 N–H and O–H groups in total. The van der Waals surface area contributed by atoms with Crippen molar-refractivity contribution >= 4 is 23.2 Å². The van der Waals surface area contributed by atoms with Crippen LogP contribution in [0.4, 0.5) is 0 Å². The smallest absolute Gasteiger partial charge is 0.255 e. The minimum atomic E-state index is -2.61. The van der Waals surface area contributed by atoms with Gasteiger partial charge in [-0.2, -0.15) is 0 Å². The van der Waals surface area contributed by atoms with Gasteiger partial charge in [-0.3, -0.25) is 19.3 Å². The minimum absolute atomic E-state index is 0.0939. The summed E-state index contributed by atoms with van der Waals surface area (Å²) in [7, 11) is 3.17. The van der Waals surface area contributed by atoms with Gasteiger partial charge in [-0.05, 0) is 62.9 Å². The topological polar surface area (TPSA) is 161 Å². The zero-order valence-corrected chi connectivity index (χ0v) is 20.9. The summed E-state index contributed by atoms with van der Waals surface area (Å²) in [6, 6.07) is 2.24. The van der Waals surface area contributed by atoms with Gasteiger partial charge in [0.05, 0.1) is 11.6 Å². The van der Waals surface area contributed by atoms with Gasteiger partial charge < -0.3 is 26.2 Å². The zero-order valence-electron chi connectivity index (χ0n) is 20.9. The Morgan fingerprint density at radius 1 is 1.14 bits per heavy atom. The van der Waals surface area contributed by atoms with Crippen molar-refractivity contribution in [3.63, 3.8) is 0 Å². The quantitative estimate of drug-likeness (QED) is 0.282. The standard InChI is InChI=1S/C27H34N2O7/c1-4-5-6-7-8-13-9-10-17(30)19-15(13)11-14-12-16-21(29(2)3)23(32)20(26(28)35)25(34)27(16,36)24(33)18(14)22(19)31/h9-10,14,16,21,30-31,34,36H,4-8,11-12H2,1-3H3,(H2,28,35)/t14-,16-,21-,27-/m1/s1. The second-order valence-electron chi connectivity index (χ2n) is 10.4. The van der Waals surface area contributed by atoms with E-state index in [1.807, 2.05) is 6.07 Å². The number of aliphatic hydroxyl groups excluding tert-OH is 2. The molecule has 9 nitrogen and oxygen atoms in total. The summed E-state index contributed by atoms with van der Waals surface area (Å²) < 4.78 is 0. The van der Waals surface area contributed by atoms with Crippen molar-refractivity contribution in [2.45, 2.75) is 63.5 Å². The number of nitrogens with zero attached hydrogens (tertiary/aromatic N) is 1. The van der Waals surface area contributed by atoms with Crippen LogP contribution in [0.1, 0.15) is 55.7 Å². The molecule has 0 saturated heterocycles. The lowest BCUT2D eigenvalue weighted by Gasteiger charge is -2.50. The Balaban J connectivity index is 1.86. The molecule has 0 unspecified atom stereocenters. The highest BCUT2D eigenvalue weighted by atomic mass is 16.3. The fourth-order valence-corrected chi connectivity index (χ4v) is 6.28. The Hall–Kier alpha value is -3.17. The van der Waals surface area contributed by atoms with Crippen molar-refractivity contribution in [2.24, 2.45) is 17.6 Å². The Morgan fingerprint density at radius 3 is 2.44 bits per heavy atom. The molecule has 1 amide bonds. The minimum Gasteiger partial charge on any atom is -0.508 e. The average Bonchev–Trinajstić information content (AvgIpc) is 2.80. The summed E-state index contributed by atoms with van der Waals surface area (Å²) in [6.45, 7) is 2.13. The first-order valence-electron chi connectivity index (χ1n) is 12.4. The summed E-state index contributed by atoms with van der Waals surface area (Å²) in [4.78, 5) is 40.5. The first kappa shape index (κ1) is 25.9. The molecular formula is C27H34N2O7. The molecule has 4 rings (SSSR count). The van der Waals surface area contributed by atoms with Crippen LogP contribution in [0.5, 0.6) is 5.75 Å². The number of rotatable bonds is 7. The number of hydrogen-bond acceptors (Lipinski definition) is 8. The molecule has 0 radical (unpaired) electrons. The summed E-state index contributed by atoms with van der Waals surface area (Å²) in [5.74, 6) is -6.32. The van der Waals surface area contributed by atoms with E-state index in [0.29, 0.717) is 6.42 Å². The molecule has 0 aliphatic heterocycles. The number of aliphatic hydroxyl groups is 3. The lowest BCUT2D eigenvalue weighted by molar-refractivity contribution is -0.153. The Kier molecular flexibility index (Phi) is 6.74. The van der Waals surface area contributed by atoms with Crippen LogP contribution in [0.3, 0.4) is 0 Å². The van der Waals surface area contributed by atoms with Crippen molar-refractivity contribution in [3.05, 3.63) is 45.7 Å². The number of primary amides is 1. The van der Waals surface area contributed by atoms with E-state index in [1.54, 1.807) is 14.1 Å². The maximum Gasteiger partial charge on any atom is 0.255 e. The van der Waals surface area contributed by atoms with Crippen LogP contribution in [0.15, 0.2) is 29.0 Å². The molecule has 9 heteroatoms. The van der Waals surface area contributed by atoms with Crippen LogP contribution in [-0.4, -0.2) is 68.5 Å². The van der Waals surface area contributed by atoms with Crippen molar-refractivity contribution in [2.75, 3.05) is 14.1 Å². The number of Topliss-reactive ketones (excluding diaryl/α,β-unsaturated/α-hetero) is 2. The van der Waals surface area contributed by atoms with E-state index in [1.165, 1.54) is 11.0 Å². The van der Waals surface area contributed by atoms with Gasteiger partial charge in [0.25, 0.3) is 5.91 Å². The van der Waals surface area contributed by atoms with Gasteiger partial charge in [0.2, 0.25) is 5.78 Å². The number of unbranched alkanes of at least 4 members (excludes halogenated alkanes) is 3. The van der Waals surface area contributed by atoms with Crippen LogP contribution >= 0.6 is 0 Å². The third-order valence-corrected chi connectivity index (χ3v) is 8.00. The molecule has 1 aromatic rings. The second kappa shape index (κ2) is 9.37. The molecule has 0 aromatic heterocycles. The molecule has 0 bridgehead atoms. The van der Waals surface area contributed by atoms with Crippen molar-refractivity contribution in [1.29, 1.82) is 0 Å². The molecule has 0 heterocycles. The van der Waals surface area contributed by atoms with E-state index in [2.05, 4.69) is 6.92 Å². The molecule has 1 fully saturated rings. The molecule has 36 heavy (non-hydrogen) atoms. The van der Waals surface area contributed by atoms with Gasteiger partial charge in [-0.15, -0.1) is 0 Å². The van der Waals surface area contributed by atoms with E-state index in [-0.39, 0.29) is 23.3 Å². The van der Waals surface area contributed by atoms with Crippen molar-refractivity contribution in [3.8, 4) is 5.75 Å². The van der Waals surface area contributed by atoms with E-state index >= 15 is 0 Å². The van der Waals surface area contributed by atoms with E-state index in [0.717, 1.165) is 43.2 Å². The van der Waals surface area contributed by atoms with E-state index < -0.39 is 58.0 Å². The SMILES string of the molecule is CCCCCCc1ccc(O)c2c1C[C@@H]1C[C@@H]3[C@@H](N(C)C)C(=O)C(C(N)=O)=C(O)[C@]3(O)C(=O)C1=C2O. The highest BCUT2D eigenvalue weighted by Crippen LogP contribution is 2.53. The van der Waals surface area contributed by atoms with Gasteiger partial charge in [0.15, 0.2) is 11.4 Å². The average molecular weight is 499 g/mol. The van der Waals surface area contributed by atoms with Crippen LogP contribution < -0.4 is 5.73 Å².